The second-order valence-corrected chi connectivity index (χ2v) is 8.23. The van der Waals surface area contributed by atoms with Crippen LogP contribution in [-0.4, -0.2) is 22.2 Å². The van der Waals surface area contributed by atoms with Crippen LogP contribution in [0.3, 0.4) is 0 Å². The van der Waals surface area contributed by atoms with Crippen LogP contribution in [0.2, 0.25) is 5.02 Å². The maximum atomic E-state index is 12.1. The Morgan fingerprint density at radius 1 is 0.939 bits per heavy atom. The van der Waals surface area contributed by atoms with Gasteiger partial charge in [0.2, 0.25) is 0 Å². The van der Waals surface area contributed by atoms with Crippen LogP contribution in [0.15, 0.2) is 85.1 Å². The van der Waals surface area contributed by atoms with Crippen molar-refractivity contribution in [3.05, 3.63) is 112 Å². The van der Waals surface area contributed by atoms with Crippen molar-refractivity contribution in [2.45, 2.75) is 26.6 Å². The predicted molar refractivity (Wildman–Crippen MR) is 133 cm³/mol. The van der Waals surface area contributed by atoms with Crippen LogP contribution in [0.25, 0.3) is 11.3 Å². The van der Waals surface area contributed by atoms with Crippen LogP contribution in [-0.2, 0) is 19.6 Å². The lowest BCUT2D eigenvalue weighted by Crippen LogP contribution is -2.23. The van der Waals surface area contributed by atoms with Gasteiger partial charge in [-0.1, -0.05) is 72.3 Å². The van der Waals surface area contributed by atoms with E-state index in [4.69, 9.17) is 16.7 Å². The van der Waals surface area contributed by atoms with Crippen LogP contribution >= 0.6 is 11.6 Å². The zero-order valence-electron chi connectivity index (χ0n) is 18.6. The molecule has 0 atom stereocenters. The Hall–Kier alpha value is -3.41. The summed E-state index contributed by atoms with van der Waals surface area (Å²) >= 11 is 6.36. The number of hydrogen-bond donors (Lipinski definition) is 2. The highest BCUT2D eigenvalue weighted by Crippen LogP contribution is 2.23. The molecule has 1 aromatic heterocycles. The maximum Gasteiger partial charge on any atom is 0.251 e. The number of nitrogens with zero attached hydrogens (tertiary/aromatic N) is 2. The molecule has 0 aliphatic rings. The molecule has 1 heterocycles. The highest BCUT2D eigenvalue weighted by Gasteiger charge is 2.12. The van der Waals surface area contributed by atoms with Crippen molar-refractivity contribution in [2.24, 2.45) is 0 Å². The highest BCUT2D eigenvalue weighted by molar-refractivity contribution is 6.31. The van der Waals surface area contributed by atoms with E-state index in [1.807, 2.05) is 78.3 Å². The number of aromatic nitrogens is 2. The van der Waals surface area contributed by atoms with Crippen molar-refractivity contribution in [1.29, 1.82) is 0 Å². The fourth-order valence-corrected chi connectivity index (χ4v) is 3.94. The van der Waals surface area contributed by atoms with Gasteiger partial charge in [0.1, 0.15) is 0 Å². The normalized spacial score (nSPS) is 10.8. The van der Waals surface area contributed by atoms with E-state index >= 15 is 0 Å². The van der Waals surface area contributed by atoms with Crippen molar-refractivity contribution in [2.75, 3.05) is 6.54 Å². The number of rotatable bonds is 9. The summed E-state index contributed by atoms with van der Waals surface area (Å²) < 4.78 is 1.94. The van der Waals surface area contributed by atoms with Crippen molar-refractivity contribution >= 4 is 17.5 Å². The van der Waals surface area contributed by atoms with Gasteiger partial charge in [-0.25, -0.2) is 0 Å². The van der Waals surface area contributed by atoms with E-state index in [9.17, 15) is 4.79 Å². The Morgan fingerprint density at radius 3 is 2.52 bits per heavy atom. The molecule has 0 unspecified atom stereocenters. The van der Waals surface area contributed by atoms with Crippen LogP contribution in [0.4, 0.5) is 0 Å². The molecule has 6 heteroatoms. The van der Waals surface area contributed by atoms with Gasteiger partial charge in [0.25, 0.3) is 5.91 Å². The molecule has 0 aliphatic heterocycles. The van der Waals surface area contributed by atoms with E-state index in [1.165, 1.54) is 0 Å². The summed E-state index contributed by atoms with van der Waals surface area (Å²) in [6, 6.07) is 25.7. The lowest BCUT2D eigenvalue weighted by atomic mass is 10.1. The molecule has 0 saturated heterocycles. The summed E-state index contributed by atoms with van der Waals surface area (Å²) in [5.74, 6) is -0.0495. The van der Waals surface area contributed by atoms with Gasteiger partial charge in [-0.2, -0.15) is 5.10 Å². The number of nitrogens with one attached hydrogen (secondary N) is 2. The first-order valence-electron chi connectivity index (χ1n) is 11.1. The van der Waals surface area contributed by atoms with E-state index in [-0.39, 0.29) is 5.91 Å². The van der Waals surface area contributed by atoms with Gasteiger partial charge in [-0.3, -0.25) is 9.48 Å². The monoisotopic (exact) mass is 458 g/mol. The third-order valence-electron chi connectivity index (χ3n) is 5.35. The van der Waals surface area contributed by atoms with Gasteiger partial charge < -0.3 is 10.6 Å². The SMILES string of the molecule is CCNC(=O)c1cccc(CNCc2cn(Cc3ccccc3Cl)nc2-c2ccccc2)c1. The Kier molecular flexibility index (Phi) is 7.55. The Labute approximate surface area is 199 Å². The summed E-state index contributed by atoms with van der Waals surface area (Å²) in [6.07, 6.45) is 2.07. The predicted octanol–water partition coefficient (Wildman–Crippen LogP) is 5.29. The van der Waals surface area contributed by atoms with Gasteiger partial charge >= 0.3 is 0 Å². The molecule has 0 spiro atoms. The molecule has 2 N–H and O–H groups in total. The molecule has 168 valence electrons. The van der Waals surface area contributed by atoms with E-state index in [2.05, 4.69) is 29.0 Å². The fraction of sp³-hybridized carbons (Fsp3) is 0.185. The minimum atomic E-state index is -0.0495. The molecular formula is C27H27ClN4O. The number of carbonyl (C=O) groups excluding carboxylic acids is 1. The molecule has 0 radical (unpaired) electrons. The molecular weight excluding hydrogens is 432 g/mol. The lowest BCUT2D eigenvalue weighted by Gasteiger charge is -2.08. The molecule has 3 aromatic carbocycles. The van der Waals surface area contributed by atoms with Crippen molar-refractivity contribution in [3.63, 3.8) is 0 Å². The maximum absolute atomic E-state index is 12.1. The summed E-state index contributed by atoms with van der Waals surface area (Å²) in [6.45, 7) is 4.44. The minimum Gasteiger partial charge on any atom is -0.352 e. The van der Waals surface area contributed by atoms with Crippen molar-refractivity contribution < 1.29 is 4.79 Å². The molecule has 4 rings (SSSR count). The summed E-state index contributed by atoms with van der Waals surface area (Å²) in [5.41, 5.74) is 5.89. The van der Waals surface area contributed by atoms with E-state index in [0.717, 1.165) is 33.0 Å². The molecule has 0 saturated carbocycles. The first-order valence-corrected chi connectivity index (χ1v) is 11.4. The molecule has 1 amide bonds. The highest BCUT2D eigenvalue weighted by atomic mass is 35.5. The van der Waals surface area contributed by atoms with Gasteiger partial charge in [-0.05, 0) is 36.2 Å². The Morgan fingerprint density at radius 2 is 1.73 bits per heavy atom. The standard InChI is InChI=1S/C27H27ClN4O/c1-2-30-27(33)22-13-8-9-20(15-22)16-29-17-24-19-32(18-23-12-6-7-14-25(23)28)31-26(24)21-10-4-3-5-11-21/h3-15,19,29H,2,16-18H2,1H3,(H,30,33). The molecule has 4 aromatic rings. The van der Waals surface area contributed by atoms with Gasteiger partial charge in [0, 0.05) is 47.5 Å². The average molecular weight is 459 g/mol. The van der Waals surface area contributed by atoms with Crippen LogP contribution < -0.4 is 10.6 Å². The summed E-state index contributed by atoms with van der Waals surface area (Å²) in [7, 11) is 0. The zero-order valence-corrected chi connectivity index (χ0v) is 19.3. The molecule has 0 fully saturated rings. The smallest absolute Gasteiger partial charge is 0.251 e. The van der Waals surface area contributed by atoms with E-state index in [0.29, 0.717) is 31.7 Å². The van der Waals surface area contributed by atoms with Gasteiger partial charge in [0.05, 0.1) is 12.2 Å². The van der Waals surface area contributed by atoms with Crippen molar-refractivity contribution in [3.8, 4) is 11.3 Å². The van der Waals surface area contributed by atoms with Gasteiger partial charge in [-0.15, -0.1) is 0 Å². The largest absolute Gasteiger partial charge is 0.352 e. The Balaban J connectivity index is 1.51. The second-order valence-electron chi connectivity index (χ2n) is 7.82. The number of halogens is 1. The van der Waals surface area contributed by atoms with E-state index in [1.54, 1.807) is 0 Å². The first-order chi connectivity index (χ1) is 16.1. The topological polar surface area (TPSA) is 59.0 Å². The van der Waals surface area contributed by atoms with Crippen LogP contribution in [0, 0.1) is 0 Å². The van der Waals surface area contributed by atoms with Crippen molar-refractivity contribution in [1.82, 2.24) is 20.4 Å². The quantitative estimate of drug-likeness (QED) is 0.358. The molecule has 0 aliphatic carbocycles. The summed E-state index contributed by atoms with van der Waals surface area (Å²) in [4.78, 5) is 12.1. The van der Waals surface area contributed by atoms with Gasteiger partial charge in [0.15, 0.2) is 0 Å². The number of amides is 1. The van der Waals surface area contributed by atoms with Crippen LogP contribution in [0.5, 0.6) is 0 Å². The lowest BCUT2D eigenvalue weighted by molar-refractivity contribution is 0.0955. The molecule has 0 bridgehead atoms. The number of hydrogen-bond acceptors (Lipinski definition) is 3. The zero-order chi connectivity index (χ0) is 23.0. The third kappa shape index (κ3) is 5.89. The number of benzene rings is 3. The number of carbonyl (C=O) groups is 1. The fourth-order valence-electron chi connectivity index (χ4n) is 3.74. The average Bonchev–Trinajstić information content (AvgIpc) is 3.24. The molecule has 33 heavy (non-hydrogen) atoms. The second kappa shape index (κ2) is 10.9. The minimum absolute atomic E-state index is 0.0495. The van der Waals surface area contributed by atoms with E-state index < -0.39 is 0 Å². The third-order valence-corrected chi connectivity index (χ3v) is 5.71. The summed E-state index contributed by atoms with van der Waals surface area (Å²) in [5, 5.41) is 11.9. The molecule has 5 nitrogen and oxygen atoms in total. The van der Waals surface area contributed by atoms with Crippen LogP contribution in [0.1, 0.15) is 34.0 Å². The Bertz CT molecular complexity index is 1220. The first kappa shape index (κ1) is 22.8.